The predicted molar refractivity (Wildman–Crippen MR) is 75.3 cm³/mol. The molecule has 2 rings (SSSR count). The van der Waals surface area contributed by atoms with Gasteiger partial charge >= 0.3 is 0 Å². The second-order valence-electron chi connectivity index (χ2n) is 6.20. The van der Waals surface area contributed by atoms with E-state index in [4.69, 9.17) is 0 Å². The first-order chi connectivity index (χ1) is 8.42. The predicted octanol–water partition coefficient (Wildman–Crippen LogP) is 4.61. The summed E-state index contributed by atoms with van der Waals surface area (Å²) in [5.41, 5.74) is 0. The second kappa shape index (κ2) is 7.41. The number of unbranched alkanes of at least 4 members (excludes halogenated alkanes) is 5. The van der Waals surface area contributed by atoms with Crippen LogP contribution in [0.3, 0.4) is 0 Å². The molecule has 0 aromatic carbocycles. The van der Waals surface area contributed by atoms with Crippen molar-refractivity contribution < 1.29 is 0 Å². The molecule has 1 saturated heterocycles. The summed E-state index contributed by atoms with van der Waals surface area (Å²) in [6.45, 7) is 5.09. The van der Waals surface area contributed by atoms with E-state index in [0.29, 0.717) is 0 Å². The molecule has 0 radical (unpaired) electrons. The van der Waals surface area contributed by atoms with Gasteiger partial charge in [0.1, 0.15) is 0 Å². The van der Waals surface area contributed by atoms with Gasteiger partial charge in [-0.25, -0.2) is 0 Å². The second-order valence-corrected chi connectivity index (χ2v) is 6.20. The molecule has 0 N–H and O–H groups in total. The van der Waals surface area contributed by atoms with Gasteiger partial charge in [0.05, 0.1) is 0 Å². The maximum atomic E-state index is 2.83. The lowest BCUT2D eigenvalue weighted by molar-refractivity contribution is 0.111. The Morgan fingerprint density at radius 1 is 0.882 bits per heavy atom. The van der Waals surface area contributed by atoms with Crippen LogP contribution in [0.15, 0.2) is 0 Å². The summed E-state index contributed by atoms with van der Waals surface area (Å²) < 4.78 is 0. The van der Waals surface area contributed by atoms with Crippen molar-refractivity contribution in [1.29, 1.82) is 0 Å². The van der Waals surface area contributed by atoms with E-state index < -0.39 is 0 Å². The van der Waals surface area contributed by atoms with E-state index in [9.17, 15) is 0 Å². The number of hydrogen-bond donors (Lipinski definition) is 0. The molecule has 0 bridgehead atoms. The van der Waals surface area contributed by atoms with Crippen molar-refractivity contribution in [2.75, 3.05) is 13.1 Å². The Morgan fingerprint density at radius 3 is 2.53 bits per heavy atom. The summed E-state index contributed by atoms with van der Waals surface area (Å²) in [5.74, 6) is 1.07. The zero-order chi connectivity index (χ0) is 11.9. The van der Waals surface area contributed by atoms with E-state index >= 15 is 0 Å². The van der Waals surface area contributed by atoms with Gasteiger partial charge in [0.15, 0.2) is 0 Å². The number of fused-ring (bicyclic) bond motifs is 1. The van der Waals surface area contributed by atoms with Gasteiger partial charge in [-0.3, -0.25) is 0 Å². The van der Waals surface area contributed by atoms with E-state index in [-0.39, 0.29) is 0 Å². The van der Waals surface area contributed by atoms with Crippen molar-refractivity contribution in [3.8, 4) is 0 Å². The minimum Gasteiger partial charge on any atom is -0.300 e. The lowest BCUT2D eigenvalue weighted by Crippen LogP contribution is -2.42. The standard InChI is InChI=1S/C16H31N/c1-2-3-4-5-6-7-13-17-14-9-11-15-10-8-12-16(15)17/h15-16H,2-14H2,1H3. The molecular weight excluding hydrogens is 206 g/mol. The Balaban J connectivity index is 1.58. The molecule has 1 aliphatic heterocycles. The molecule has 2 aliphatic rings. The molecule has 1 aliphatic carbocycles. The average molecular weight is 237 g/mol. The first kappa shape index (κ1) is 13.4. The van der Waals surface area contributed by atoms with Crippen molar-refractivity contribution in [3.05, 3.63) is 0 Å². The maximum absolute atomic E-state index is 2.83. The van der Waals surface area contributed by atoms with Crippen LogP contribution in [0, 0.1) is 5.92 Å². The molecule has 0 aromatic rings. The lowest BCUT2D eigenvalue weighted by atomic mass is 9.92. The van der Waals surface area contributed by atoms with E-state index in [2.05, 4.69) is 11.8 Å². The molecule has 0 spiro atoms. The van der Waals surface area contributed by atoms with Crippen LogP contribution in [-0.4, -0.2) is 24.0 Å². The van der Waals surface area contributed by atoms with E-state index in [1.807, 2.05) is 0 Å². The Hall–Kier alpha value is -0.0400. The monoisotopic (exact) mass is 237 g/mol. The van der Waals surface area contributed by atoms with Gasteiger partial charge in [0, 0.05) is 6.04 Å². The summed E-state index contributed by atoms with van der Waals surface area (Å²) in [4.78, 5) is 2.83. The van der Waals surface area contributed by atoms with Crippen LogP contribution < -0.4 is 0 Å². The van der Waals surface area contributed by atoms with Crippen LogP contribution in [0.2, 0.25) is 0 Å². The van der Waals surface area contributed by atoms with Crippen LogP contribution >= 0.6 is 0 Å². The van der Waals surface area contributed by atoms with E-state index in [0.717, 1.165) is 12.0 Å². The van der Waals surface area contributed by atoms with E-state index in [1.165, 1.54) is 83.7 Å². The number of hydrogen-bond acceptors (Lipinski definition) is 1. The number of nitrogens with zero attached hydrogens (tertiary/aromatic N) is 1. The Labute approximate surface area is 108 Å². The first-order valence-corrected chi connectivity index (χ1v) is 8.16. The van der Waals surface area contributed by atoms with Crippen LogP contribution in [0.4, 0.5) is 0 Å². The van der Waals surface area contributed by atoms with Gasteiger partial charge in [-0.15, -0.1) is 0 Å². The molecule has 100 valence electrons. The topological polar surface area (TPSA) is 3.24 Å². The first-order valence-electron chi connectivity index (χ1n) is 8.16. The Morgan fingerprint density at radius 2 is 1.65 bits per heavy atom. The SMILES string of the molecule is CCCCCCCCN1CCCC2CCCC21. The van der Waals surface area contributed by atoms with Crippen molar-refractivity contribution in [3.63, 3.8) is 0 Å². The molecule has 2 unspecified atom stereocenters. The minimum atomic E-state index is 0.986. The van der Waals surface area contributed by atoms with Gasteiger partial charge in [-0.05, 0) is 51.1 Å². The van der Waals surface area contributed by atoms with Crippen molar-refractivity contribution in [1.82, 2.24) is 4.90 Å². The molecule has 0 aromatic heterocycles. The van der Waals surface area contributed by atoms with Crippen molar-refractivity contribution in [2.45, 2.75) is 83.6 Å². The third-order valence-corrected chi connectivity index (χ3v) is 4.91. The lowest BCUT2D eigenvalue weighted by Gasteiger charge is -2.37. The Bertz CT molecular complexity index is 202. The fraction of sp³-hybridized carbons (Fsp3) is 1.00. The highest BCUT2D eigenvalue weighted by Gasteiger charge is 2.34. The zero-order valence-electron chi connectivity index (χ0n) is 11.8. The van der Waals surface area contributed by atoms with Crippen molar-refractivity contribution >= 4 is 0 Å². The van der Waals surface area contributed by atoms with Gasteiger partial charge < -0.3 is 4.90 Å². The molecule has 1 heterocycles. The van der Waals surface area contributed by atoms with Gasteiger partial charge in [-0.2, -0.15) is 0 Å². The summed E-state index contributed by atoms with van der Waals surface area (Å²) in [7, 11) is 0. The maximum Gasteiger partial charge on any atom is 0.0123 e. The van der Waals surface area contributed by atoms with Gasteiger partial charge in [0.2, 0.25) is 0 Å². The fourth-order valence-electron chi connectivity index (χ4n) is 3.93. The number of rotatable bonds is 7. The Kier molecular flexibility index (Phi) is 5.84. The highest BCUT2D eigenvalue weighted by atomic mass is 15.2. The third kappa shape index (κ3) is 3.98. The van der Waals surface area contributed by atoms with Gasteiger partial charge in [0.25, 0.3) is 0 Å². The van der Waals surface area contributed by atoms with Crippen molar-refractivity contribution in [2.24, 2.45) is 5.92 Å². The van der Waals surface area contributed by atoms with Gasteiger partial charge in [-0.1, -0.05) is 45.4 Å². The van der Waals surface area contributed by atoms with Crippen LogP contribution in [0.1, 0.15) is 77.6 Å². The summed E-state index contributed by atoms with van der Waals surface area (Å²) in [5, 5.41) is 0. The minimum absolute atomic E-state index is 0.986. The fourth-order valence-corrected chi connectivity index (χ4v) is 3.93. The third-order valence-electron chi connectivity index (χ3n) is 4.91. The quantitative estimate of drug-likeness (QED) is 0.584. The largest absolute Gasteiger partial charge is 0.300 e. The molecule has 17 heavy (non-hydrogen) atoms. The van der Waals surface area contributed by atoms with Crippen LogP contribution in [-0.2, 0) is 0 Å². The summed E-state index contributed by atoms with van der Waals surface area (Å²) in [6, 6.07) is 0.986. The number of piperidine rings is 1. The molecule has 1 nitrogen and oxygen atoms in total. The normalized spacial score (nSPS) is 29.5. The van der Waals surface area contributed by atoms with Crippen LogP contribution in [0.25, 0.3) is 0 Å². The zero-order valence-corrected chi connectivity index (χ0v) is 11.8. The highest BCUT2D eigenvalue weighted by Crippen LogP contribution is 2.36. The van der Waals surface area contributed by atoms with Crippen LogP contribution in [0.5, 0.6) is 0 Å². The number of likely N-dealkylation sites (tertiary alicyclic amines) is 1. The highest BCUT2D eigenvalue weighted by molar-refractivity contribution is 4.88. The summed E-state index contributed by atoms with van der Waals surface area (Å²) in [6.07, 6.45) is 16.2. The molecule has 2 fully saturated rings. The van der Waals surface area contributed by atoms with E-state index in [1.54, 1.807) is 0 Å². The molecule has 1 saturated carbocycles. The molecule has 1 heteroatoms. The summed E-state index contributed by atoms with van der Waals surface area (Å²) >= 11 is 0. The molecule has 0 amide bonds. The molecule has 2 atom stereocenters. The smallest absolute Gasteiger partial charge is 0.0123 e. The average Bonchev–Trinajstić information content (AvgIpc) is 2.82. The molecular formula is C16H31N.